The van der Waals surface area contributed by atoms with Gasteiger partial charge in [-0.3, -0.25) is 9.59 Å². The summed E-state index contributed by atoms with van der Waals surface area (Å²) in [7, 11) is 0. The molecule has 2 amide bonds. The number of benzene rings is 2. The minimum Gasteiger partial charge on any atom is -0.326 e. The van der Waals surface area contributed by atoms with Gasteiger partial charge in [0.05, 0.1) is 15.7 Å². The monoisotopic (exact) mass is 350 g/mol. The number of nitrogens with one attached hydrogen (secondary N) is 2. The van der Waals surface area contributed by atoms with Gasteiger partial charge < -0.3 is 10.6 Å². The van der Waals surface area contributed by atoms with E-state index in [1.807, 2.05) is 26.0 Å². The molecule has 0 saturated carbocycles. The Bertz CT molecular complexity index is 740. The lowest BCUT2D eigenvalue weighted by Gasteiger charge is -2.10. The predicted molar refractivity (Wildman–Crippen MR) is 94.3 cm³/mol. The quantitative estimate of drug-likeness (QED) is 0.793. The average molecular weight is 351 g/mol. The van der Waals surface area contributed by atoms with Crippen LogP contribution in [0.15, 0.2) is 36.4 Å². The van der Waals surface area contributed by atoms with E-state index in [1.54, 1.807) is 24.3 Å². The SMILES string of the molecule is Cc1ccc(NC(=O)CC(=O)Nc2c(Cl)cccc2Cl)cc1C. The Morgan fingerprint density at radius 3 is 2.13 bits per heavy atom. The van der Waals surface area contributed by atoms with Crippen molar-refractivity contribution >= 4 is 46.4 Å². The van der Waals surface area contributed by atoms with Crippen molar-refractivity contribution in [2.45, 2.75) is 20.3 Å². The van der Waals surface area contributed by atoms with Gasteiger partial charge in [0.15, 0.2) is 0 Å². The molecule has 23 heavy (non-hydrogen) atoms. The number of aryl methyl sites for hydroxylation is 2. The van der Waals surface area contributed by atoms with Gasteiger partial charge in [-0.2, -0.15) is 0 Å². The van der Waals surface area contributed by atoms with E-state index in [1.165, 1.54) is 0 Å². The van der Waals surface area contributed by atoms with Crippen LogP contribution in [-0.4, -0.2) is 11.8 Å². The molecule has 2 N–H and O–H groups in total. The fourth-order valence-corrected chi connectivity index (χ4v) is 2.46. The van der Waals surface area contributed by atoms with E-state index in [0.29, 0.717) is 21.4 Å². The molecule has 4 nitrogen and oxygen atoms in total. The summed E-state index contributed by atoms with van der Waals surface area (Å²) in [5.74, 6) is -0.893. The number of carbonyl (C=O) groups is 2. The molecule has 0 aliphatic rings. The Morgan fingerprint density at radius 2 is 1.52 bits per heavy atom. The number of amides is 2. The third kappa shape index (κ3) is 4.71. The topological polar surface area (TPSA) is 58.2 Å². The molecule has 0 aromatic heterocycles. The smallest absolute Gasteiger partial charge is 0.233 e. The Labute approximate surface area is 144 Å². The minimum absolute atomic E-state index is 0.305. The second kappa shape index (κ2) is 7.49. The molecule has 2 aromatic rings. The Hall–Kier alpha value is -2.04. The van der Waals surface area contributed by atoms with Gasteiger partial charge in [-0.05, 0) is 49.2 Å². The van der Waals surface area contributed by atoms with Crippen LogP contribution in [0, 0.1) is 13.8 Å². The van der Waals surface area contributed by atoms with Gasteiger partial charge in [0.25, 0.3) is 0 Å². The highest BCUT2D eigenvalue weighted by Crippen LogP contribution is 2.29. The summed E-state index contributed by atoms with van der Waals surface area (Å²) >= 11 is 11.9. The maximum atomic E-state index is 11.9. The van der Waals surface area contributed by atoms with E-state index in [9.17, 15) is 9.59 Å². The number of para-hydroxylation sites is 1. The number of halogens is 2. The minimum atomic E-state index is -0.485. The van der Waals surface area contributed by atoms with Crippen LogP contribution in [0.3, 0.4) is 0 Å². The van der Waals surface area contributed by atoms with E-state index < -0.39 is 11.8 Å². The van der Waals surface area contributed by atoms with Crippen LogP contribution in [0.2, 0.25) is 10.0 Å². The molecule has 0 spiro atoms. The van der Waals surface area contributed by atoms with Gasteiger partial charge in [0.1, 0.15) is 6.42 Å². The first-order valence-corrected chi connectivity index (χ1v) is 7.73. The Balaban J connectivity index is 1.97. The van der Waals surface area contributed by atoms with Gasteiger partial charge in [0, 0.05) is 5.69 Å². The lowest BCUT2D eigenvalue weighted by Crippen LogP contribution is -2.21. The summed E-state index contributed by atoms with van der Waals surface area (Å²) in [4.78, 5) is 23.9. The molecule has 0 fully saturated rings. The second-order valence-corrected chi connectivity index (χ2v) is 5.98. The normalized spacial score (nSPS) is 10.3. The summed E-state index contributed by atoms with van der Waals surface area (Å²) in [6.07, 6.45) is -0.325. The molecule has 120 valence electrons. The summed E-state index contributed by atoms with van der Waals surface area (Å²) in [5, 5.41) is 5.88. The molecule has 2 aromatic carbocycles. The van der Waals surface area contributed by atoms with Crippen molar-refractivity contribution in [2.75, 3.05) is 10.6 Å². The van der Waals surface area contributed by atoms with Crippen molar-refractivity contribution in [1.82, 2.24) is 0 Å². The third-order valence-electron chi connectivity index (χ3n) is 3.34. The van der Waals surface area contributed by atoms with Gasteiger partial charge in [-0.1, -0.05) is 35.3 Å². The van der Waals surface area contributed by atoms with Crippen molar-refractivity contribution in [3.05, 3.63) is 57.6 Å². The molecule has 2 rings (SSSR count). The van der Waals surface area contributed by atoms with E-state index in [4.69, 9.17) is 23.2 Å². The molecule has 0 heterocycles. The molecule has 0 saturated heterocycles. The maximum absolute atomic E-state index is 11.9. The molecule has 0 aliphatic carbocycles. The molecule has 0 bridgehead atoms. The molecule has 0 aliphatic heterocycles. The first-order chi connectivity index (χ1) is 10.9. The predicted octanol–water partition coefficient (Wildman–Crippen LogP) is 4.58. The lowest BCUT2D eigenvalue weighted by atomic mass is 10.1. The number of carbonyl (C=O) groups excluding carboxylic acids is 2. The summed E-state index contributed by atoms with van der Waals surface area (Å²) in [6.45, 7) is 3.94. The summed E-state index contributed by atoms with van der Waals surface area (Å²) < 4.78 is 0. The lowest BCUT2D eigenvalue weighted by molar-refractivity contribution is -0.123. The first-order valence-electron chi connectivity index (χ1n) is 6.98. The van der Waals surface area contributed by atoms with Crippen molar-refractivity contribution in [3.8, 4) is 0 Å². The molecule has 0 radical (unpaired) electrons. The third-order valence-corrected chi connectivity index (χ3v) is 3.97. The zero-order valence-electron chi connectivity index (χ0n) is 12.7. The highest BCUT2D eigenvalue weighted by molar-refractivity contribution is 6.39. The van der Waals surface area contributed by atoms with Crippen LogP contribution in [0.1, 0.15) is 17.5 Å². The average Bonchev–Trinajstić information content (AvgIpc) is 2.47. The van der Waals surface area contributed by atoms with Crippen LogP contribution in [-0.2, 0) is 9.59 Å². The van der Waals surface area contributed by atoms with Gasteiger partial charge >= 0.3 is 0 Å². The van der Waals surface area contributed by atoms with Gasteiger partial charge in [0.2, 0.25) is 11.8 Å². The first kappa shape index (κ1) is 17.3. The number of hydrogen-bond acceptors (Lipinski definition) is 2. The van der Waals surface area contributed by atoms with Crippen LogP contribution in [0.25, 0.3) is 0 Å². The van der Waals surface area contributed by atoms with Crippen LogP contribution < -0.4 is 10.6 Å². The molecule has 0 unspecified atom stereocenters. The standard InChI is InChI=1S/C17H16Cl2N2O2/c1-10-6-7-12(8-11(10)2)20-15(22)9-16(23)21-17-13(18)4-3-5-14(17)19/h3-8H,9H2,1-2H3,(H,20,22)(H,21,23). The fraction of sp³-hybridized carbons (Fsp3) is 0.176. The fourth-order valence-electron chi connectivity index (χ4n) is 1.97. The van der Waals surface area contributed by atoms with E-state index >= 15 is 0 Å². The molecule has 6 heteroatoms. The van der Waals surface area contributed by atoms with Crippen LogP contribution >= 0.6 is 23.2 Å². The van der Waals surface area contributed by atoms with Gasteiger partial charge in [-0.25, -0.2) is 0 Å². The number of hydrogen-bond donors (Lipinski definition) is 2. The Kier molecular flexibility index (Phi) is 5.64. The highest BCUT2D eigenvalue weighted by atomic mass is 35.5. The van der Waals surface area contributed by atoms with E-state index in [0.717, 1.165) is 11.1 Å². The number of anilines is 2. The highest BCUT2D eigenvalue weighted by Gasteiger charge is 2.13. The van der Waals surface area contributed by atoms with Crippen molar-refractivity contribution in [1.29, 1.82) is 0 Å². The van der Waals surface area contributed by atoms with E-state index in [-0.39, 0.29) is 6.42 Å². The molecular weight excluding hydrogens is 335 g/mol. The molecular formula is C17H16Cl2N2O2. The van der Waals surface area contributed by atoms with Crippen molar-refractivity contribution < 1.29 is 9.59 Å². The van der Waals surface area contributed by atoms with Crippen molar-refractivity contribution in [3.63, 3.8) is 0 Å². The van der Waals surface area contributed by atoms with Crippen molar-refractivity contribution in [2.24, 2.45) is 0 Å². The van der Waals surface area contributed by atoms with Gasteiger partial charge in [-0.15, -0.1) is 0 Å². The van der Waals surface area contributed by atoms with Crippen LogP contribution in [0.5, 0.6) is 0 Å². The zero-order valence-corrected chi connectivity index (χ0v) is 14.3. The second-order valence-electron chi connectivity index (χ2n) is 5.17. The number of rotatable bonds is 4. The Morgan fingerprint density at radius 1 is 0.913 bits per heavy atom. The zero-order chi connectivity index (χ0) is 17.0. The maximum Gasteiger partial charge on any atom is 0.233 e. The molecule has 0 atom stereocenters. The summed E-state index contributed by atoms with van der Waals surface area (Å²) in [5.41, 5.74) is 3.16. The van der Waals surface area contributed by atoms with E-state index in [2.05, 4.69) is 10.6 Å². The summed E-state index contributed by atoms with van der Waals surface area (Å²) in [6, 6.07) is 10.5. The largest absolute Gasteiger partial charge is 0.326 e. The van der Waals surface area contributed by atoms with Crippen LogP contribution in [0.4, 0.5) is 11.4 Å².